The molecule has 1 fully saturated rings. The molecule has 8 nitrogen and oxygen atoms in total. The summed E-state index contributed by atoms with van der Waals surface area (Å²) in [5, 5.41) is 3.41. The van der Waals surface area contributed by atoms with Gasteiger partial charge in [-0.15, -0.1) is 0 Å². The number of anilines is 2. The highest BCUT2D eigenvalue weighted by molar-refractivity contribution is 5.74. The van der Waals surface area contributed by atoms with Gasteiger partial charge in [0.05, 0.1) is 0 Å². The Kier molecular flexibility index (Phi) is 3.60. The van der Waals surface area contributed by atoms with Crippen molar-refractivity contribution < 1.29 is 0 Å². The van der Waals surface area contributed by atoms with Crippen molar-refractivity contribution in [1.29, 1.82) is 0 Å². The summed E-state index contributed by atoms with van der Waals surface area (Å²) >= 11 is 0. The summed E-state index contributed by atoms with van der Waals surface area (Å²) < 4.78 is 3.06. The molecule has 3 heterocycles. The van der Waals surface area contributed by atoms with E-state index in [-0.39, 0.29) is 6.04 Å². The number of hydrogen-bond acceptors (Lipinski definition) is 5. The molecule has 1 unspecified atom stereocenters. The summed E-state index contributed by atoms with van der Waals surface area (Å²) in [6.07, 6.45) is 0.980. The lowest BCUT2D eigenvalue weighted by molar-refractivity contribution is 0.777. The molecular formula is C17H20N6O2. The summed E-state index contributed by atoms with van der Waals surface area (Å²) in [6.45, 7) is 1.83. The monoisotopic (exact) mass is 340 g/mol. The lowest BCUT2D eigenvalue weighted by atomic mass is 10.3. The number of nitrogens with one attached hydrogen (secondary N) is 2. The predicted octanol–water partition coefficient (Wildman–Crippen LogP) is 0.651. The van der Waals surface area contributed by atoms with Crippen molar-refractivity contribution in [2.75, 3.05) is 23.3 Å². The molecule has 0 amide bonds. The maximum Gasteiger partial charge on any atom is 0.329 e. The first-order valence-electron chi connectivity index (χ1n) is 8.27. The van der Waals surface area contributed by atoms with Crippen LogP contribution in [0.4, 0.5) is 11.6 Å². The predicted molar refractivity (Wildman–Crippen MR) is 97.3 cm³/mol. The van der Waals surface area contributed by atoms with Gasteiger partial charge in [-0.05, 0) is 18.6 Å². The van der Waals surface area contributed by atoms with Crippen molar-refractivity contribution in [3.05, 3.63) is 51.2 Å². The second-order valence-corrected chi connectivity index (χ2v) is 6.40. The number of imidazole rings is 1. The minimum Gasteiger partial charge on any atom is -0.369 e. The zero-order chi connectivity index (χ0) is 17.6. The van der Waals surface area contributed by atoms with E-state index in [4.69, 9.17) is 0 Å². The second-order valence-electron chi connectivity index (χ2n) is 6.40. The maximum atomic E-state index is 12.1. The van der Waals surface area contributed by atoms with E-state index < -0.39 is 11.2 Å². The van der Waals surface area contributed by atoms with Crippen molar-refractivity contribution >= 4 is 22.8 Å². The molecule has 1 saturated heterocycles. The Labute approximate surface area is 143 Å². The van der Waals surface area contributed by atoms with Crippen LogP contribution in [0.15, 0.2) is 39.9 Å². The van der Waals surface area contributed by atoms with E-state index >= 15 is 0 Å². The van der Waals surface area contributed by atoms with Gasteiger partial charge in [-0.3, -0.25) is 14.3 Å². The van der Waals surface area contributed by atoms with E-state index in [2.05, 4.69) is 32.3 Å². The third-order valence-electron chi connectivity index (χ3n) is 4.78. The summed E-state index contributed by atoms with van der Waals surface area (Å²) in [5.74, 6) is 0.599. The SMILES string of the molecule is Cn1c(NC2CCN(c3ccccc3)C2)nc2c1c(=O)[nH]c(=O)n2C. The number of rotatable bonds is 3. The summed E-state index contributed by atoms with van der Waals surface area (Å²) in [6, 6.07) is 10.5. The minimum absolute atomic E-state index is 0.229. The molecule has 1 aromatic carbocycles. The molecule has 1 atom stereocenters. The van der Waals surface area contributed by atoms with Crippen LogP contribution in [0.5, 0.6) is 0 Å². The number of nitrogens with zero attached hydrogens (tertiary/aromatic N) is 4. The van der Waals surface area contributed by atoms with Crippen molar-refractivity contribution in [2.24, 2.45) is 14.1 Å². The van der Waals surface area contributed by atoms with Gasteiger partial charge in [0.2, 0.25) is 5.95 Å². The molecule has 2 N–H and O–H groups in total. The fraction of sp³-hybridized carbons (Fsp3) is 0.353. The minimum atomic E-state index is -0.460. The van der Waals surface area contributed by atoms with E-state index in [1.165, 1.54) is 10.3 Å². The van der Waals surface area contributed by atoms with Crippen molar-refractivity contribution in [3.63, 3.8) is 0 Å². The molecule has 0 radical (unpaired) electrons. The third-order valence-corrected chi connectivity index (χ3v) is 4.78. The van der Waals surface area contributed by atoms with E-state index in [0.717, 1.165) is 19.5 Å². The first-order valence-corrected chi connectivity index (χ1v) is 8.27. The highest BCUT2D eigenvalue weighted by atomic mass is 16.2. The molecule has 0 aliphatic carbocycles. The molecule has 0 spiro atoms. The molecule has 8 heteroatoms. The van der Waals surface area contributed by atoms with Crippen molar-refractivity contribution in [1.82, 2.24) is 19.1 Å². The highest BCUT2D eigenvalue weighted by Gasteiger charge is 2.24. The Bertz CT molecular complexity index is 1030. The molecule has 0 saturated carbocycles. The zero-order valence-electron chi connectivity index (χ0n) is 14.2. The van der Waals surface area contributed by atoms with Crippen LogP contribution in [0.3, 0.4) is 0 Å². The van der Waals surface area contributed by atoms with Crippen molar-refractivity contribution in [2.45, 2.75) is 12.5 Å². The maximum absolute atomic E-state index is 12.1. The number of aryl methyl sites for hydroxylation is 2. The third kappa shape index (κ3) is 2.59. The quantitative estimate of drug-likeness (QED) is 0.731. The van der Waals surface area contributed by atoms with Crippen LogP contribution in [-0.4, -0.2) is 38.2 Å². The lowest BCUT2D eigenvalue weighted by Gasteiger charge is -2.19. The molecule has 1 aliphatic heterocycles. The molecule has 4 rings (SSSR count). The molecule has 1 aliphatic rings. The summed E-state index contributed by atoms with van der Waals surface area (Å²) in [7, 11) is 3.38. The Morgan fingerprint density at radius 1 is 1.16 bits per heavy atom. The fourth-order valence-electron chi connectivity index (χ4n) is 3.37. The zero-order valence-corrected chi connectivity index (χ0v) is 14.2. The number of fused-ring (bicyclic) bond motifs is 1. The fourth-order valence-corrected chi connectivity index (χ4v) is 3.37. The normalized spacial score (nSPS) is 17.4. The molecule has 25 heavy (non-hydrogen) atoms. The number of aromatic nitrogens is 4. The van der Waals surface area contributed by atoms with Crippen LogP contribution in [0.1, 0.15) is 6.42 Å². The Morgan fingerprint density at radius 2 is 1.92 bits per heavy atom. The largest absolute Gasteiger partial charge is 0.369 e. The smallest absolute Gasteiger partial charge is 0.329 e. The first kappa shape index (κ1) is 15.5. The van der Waals surface area contributed by atoms with Gasteiger partial charge in [-0.1, -0.05) is 18.2 Å². The van der Waals surface area contributed by atoms with E-state index in [9.17, 15) is 9.59 Å². The molecule has 130 valence electrons. The second kappa shape index (κ2) is 5.80. The number of hydrogen-bond donors (Lipinski definition) is 2. The Morgan fingerprint density at radius 3 is 2.68 bits per heavy atom. The lowest BCUT2D eigenvalue weighted by Crippen LogP contribution is -2.29. The van der Waals surface area contributed by atoms with Crippen LogP contribution in [0.25, 0.3) is 11.2 Å². The number of H-pyrrole nitrogens is 1. The number of benzene rings is 1. The first-order chi connectivity index (χ1) is 12.0. The van der Waals surface area contributed by atoms with Gasteiger partial charge in [-0.25, -0.2) is 4.79 Å². The van der Waals surface area contributed by atoms with Crippen molar-refractivity contribution in [3.8, 4) is 0 Å². The topological polar surface area (TPSA) is 88.0 Å². The van der Waals surface area contributed by atoms with Gasteiger partial charge in [0, 0.05) is 38.9 Å². The standard InChI is InChI=1S/C17H20N6O2/c1-21-13-14(22(2)17(25)20-15(13)24)19-16(21)18-11-8-9-23(10-11)12-6-4-3-5-7-12/h3-7,11H,8-10H2,1-2H3,(H,18,19)(H,20,24,25). The van der Waals surface area contributed by atoms with Crippen LogP contribution in [0.2, 0.25) is 0 Å². The molecule has 3 aromatic rings. The molecule has 0 bridgehead atoms. The van der Waals surface area contributed by atoms with E-state index in [1.807, 2.05) is 18.2 Å². The number of aromatic amines is 1. The van der Waals surface area contributed by atoms with E-state index in [1.54, 1.807) is 18.7 Å². The molecular weight excluding hydrogens is 320 g/mol. The van der Waals surface area contributed by atoms with Crippen LogP contribution in [-0.2, 0) is 14.1 Å². The van der Waals surface area contributed by atoms with Gasteiger partial charge in [0.1, 0.15) is 0 Å². The van der Waals surface area contributed by atoms with E-state index in [0.29, 0.717) is 17.1 Å². The molecule has 2 aromatic heterocycles. The van der Waals surface area contributed by atoms with Gasteiger partial charge in [0.25, 0.3) is 5.56 Å². The van der Waals surface area contributed by atoms with Gasteiger partial charge < -0.3 is 14.8 Å². The van der Waals surface area contributed by atoms with Gasteiger partial charge in [0.15, 0.2) is 11.2 Å². The number of para-hydroxylation sites is 1. The van der Waals surface area contributed by atoms with Crippen LogP contribution < -0.4 is 21.5 Å². The van der Waals surface area contributed by atoms with Crippen LogP contribution >= 0.6 is 0 Å². The Hall–Kier alpha value is -3.03. The van der Waals surface area contributed by atoms with Gasteiger partial charge >= 0.3 is 5.69 Å². The Balaban J connectivity index is 1.61. The average Bonchev–Trinajstić information content (AvgIpc) is 3.20. The van der Waals surface area contributed by atoms with Crippen LogP contribution in [0, 0.1) is 0 Å². The highest BCUT2D eigenvalue weighted by Crippen LogP contribution is 2.22. The van der Waals surface area contributed by atoms with Gasteiger partial charge in [-0.2, -0.15) is 4.98 Å². The average molecular weight is 340 g/mol. The summed E-state index contributed by atoms with van der Waals surface area (Å²) in [5.41, 5.74) is 1.10. The summed E-state index contributed by atoms with van der Waals surface area (Å²) in [4.78, 5) is 33.0.